The second-order valence-electron chi connectivity index (χ2n) is 6.58. The predicted octanol–water partition coefficient (Wildman–Crippen LogP) is 3.75. The van der Waals surface area contributed by atoms with Crippen LogP contribution in [0.5, 0.6) is 0 Å². The number of pyridine rings is 1. The zero-order valence-corrected chi connectivity index (χ0v) is 15.0. The number of carbonyl (C=O) groups is 1. The fourth-order valence-electron chi connectivity index (χ4n) is 2.08. The molecular formula is C18H18N4O2S. The molecule has 128 valence electrons. The summed E-state index contributed by atoms with van der Waals surface area (Å²) in [5.74, 6) is 0.327. The highest BCUT2D eigenvalue weighted by atomic mass is 32.1. The third kappa shape index (κ3) is 4.00. The number of thiocarbonyl (C=S) groups is 1. The first kappa shape index (κ1) is 17.0. The van der Waals surface area contributed by atoms with Crippen LogP contribution in [-0.2, 0) is 4.79 Å². The first-order valence-corrected chi connectivity index (χ1v) is 8.18. The van der Waals surface area contributed by atoms with Crippen LogP contribution in [0.15, 0.2) is 47.0 Å². The molecule has 2 N–H and O–H groups in total. The number of rotatable bonds is 2. The van der Waals surface area contributed by atoms with Gasteiger partial charge in [0.05, 0.1) is 0 Å². The fourth-order valence-corrected chi connectivity index (χ4v) is 2.29. The molecule has 3 aromatic rings. The van der Waals surface area contributed by atoms with Crippen LogP contribution in [0.1, 0.15) is 20.8 Å². The Morgan fingerprint density at radius 3 is 2.72 bits per heavy atom. The Labute approximate surface area is 150 Å². The Bertz CT molecular complexity index is 910. The number of anilines is 1. The van der Waals surface area contributed by atoms with E-state index in [0.29, 0.717) is 17.1 Å². The molecule has 7 heteroatoms. The lowest BCUT2D eigenvalue weighted by Crippen LogP contribution is -2.41. The van der Waals surface area contributed by atoms with E-state index in [1.54, 1.807) is 12.3 Å². The number of nitrogens with one attached hydrogen (secondary N) is 2. The second-order valence-corrected chi connectivity index (χ2v) is 6.99. The van der Waals surface area contributed by atoms with Crippen molar-refractivity contribution in [3.63, 3.8) is 0 Å². The van der Waals surface area contributed by atoms with Crippen molar-refractivity contribution in [2.75, 3.05) is 5.32 Å². The number of nitrogens with zero attached hydrogens (tertiary/aromatic N) is 2. The van der Waals surface area contributed by atoms with E-state index in [9.17, 15) is 4.79 Å². The lowest BCUT2D eigenvalue weighted by atomic mass is 9.96. The first-order valence-electron chi connectivity index (χ1n) is 7.77. The molecule has 25 heavy (non-hydrogen) atoms. The number of oxazole rings is 1. The summed E-state index contributed by atoms with van der Waals surface area (Å²) in [5.41, 5.74) is 2.19. The van der Waals surface area contributed by atoms with Crippen molar-refractivity contribution in [3.05, 3.63) is 42.6 Å². The summed E-state index contributed by atoms with van der Waals surface area (Å²) in [5, 5.41) is 5.93. The van der Waals surface area contributed by atoms with Crippen LogP contribution in [0.4, 0.5) is 5.69 Å². The van der Waals surface area contributed by atoms with E-state index in [2.05, 4.69) is 20.6 Å². The van der Waals surface area contributed by atoms with Crippen LogP contribution >= 0.6 is 12.2 Å². The van der Waals surface area contributed by atoms with Gasteiger partial charge in [-0.1, -0.05) is 26.8 Å². The standard InChI is InChI=1S/C18H18N4O2S/c1-18(2,3)16(23)22-17(25)20-12-7-4-6-11(10-12)15-21-14-13(24-15)8-5-9-19-14/h4-10H,1-3H3,(H2,20,22,23,25). The molecule has 0 saturated carbocycles. The Kier molecular flexibility index (Phi) is 4.50. The summed E-state index contributed by atoms with van der Waals surface area (Å²) in [6.07, 6.45) is 1.67. The molecule has 3 rings (SSSR count). The summed E-state index contributed by atoms with van der Waals surface area (Å²) in [4.78, 5) is 20.5. The van der Waals surface area contributed by atoms with Gasteiger partial charge >= 0.3 is 0 Å². The fraction of sp³-hybridized carbons (Fsp3) is 0.222. The maximum absolute atomic E-state index is 12.0. The topological polar surface area (TPSA) is 80.0 Å². The highest BCUT2D eigenvalue weighted by Crippen LogP contribution is 2.25. The van der Waals surface area contributed by atoms with E-state index in [-0.39, 0.29) is 11.0 Å². The van der Waals surface area contributed by atoms with Crippen LogP contribution in [0.2, 0.25) is 0 Å². The highest BCUT2D eigenvalue weighted by Gasteiger charge is 2.22. The Morgan fingerprint density at radius 2 is 2.00 bits per heavy atom. The first-order chi connectivity index (χ1) is 11.8. The van der Waals surface area contributed by atoms with E-state index in [1.807, 2.05) is 51.1 Å². The van der Waals surface area contributed by atoms with Crippen molar-refractivity contribution in [3.8, 4) is 11.5 Å². The number of benzene rings is 1. The average Bonchev–Trinajstić information content (AvgIpc) is 2.98. The number of hydrogen-bond acceptors (Lipinski definition) is 5. The maximum Gasteiger partial charge on any atom is 0.231 e. The van der Waals surface area contributed by atoms with E-state index >= 15 is 0 Å². The van der Waals surface area contributed by atoms with Gasteiger partial charge in [0, 0.05) is 22.9 Å². The van der Waals surface area contributed by atoms with Crippen molar-refractivity contribution in [2.24, 2.45) is 5.41 Å². The monoisotopic (exact) mass is 354 g/mol. The molecule has 2 aromatic heterocycles. The predicted molar refractivity (Wildman–Crippen MR) is 101 cm³/mol. The molecule has 1 amide bonds. The molecular weight excluding hydrogens is 336 g/mol. The van der Waals surface area contributed by atoms with Gasteiger partial charge in [-0.05, 0) is 42.5 Å². The molecule has 0 aliphatic heterocycles. The SMILES string of the molecule is CC(C)(C)C(=O)NC(=S)Nc1cccc(-c2nc3ncccc3o2)c1. The van der Waals surface area contributed by atoms with E-state index in [0.717, 1.165) is 11.3 Å². The second kappa shape index (κ2) is 6.60. The van der Waals surface area contributed by atoms with Gasteiger partial charge in [0.15, 0.2) is 16.3 Å². The number of amides is 1. The largest absolute Gasteiger partial charge is 0.434 e. The van der Waals surface area contributed by atoms with Crippen LogP contribution in [0.3, 0.4) is 0 Å². The number of carbonyl (C=O) groups excluding carboxylic acids is 1. The molecule has 1 aromatic carbocycles. The molecule has 0 atom stereocenters. The van der Waals surface area contributed by atoms with E-state index in [1.165, 1.54) is 0 Å². The molecule has 0 saturated heterocycles. The number of hydrogen-bond donors (Lipinski definition) is 2. The van der Waals surface area contributed by atoms with Crippen LogP contribution < -0.4 is 10.6 Å². The quantitative estimate of drug-likeness (QED) is 0.682. The Morgan fingerprint density at radius 1 is 1.20 bits per heavy atom. The molecule has 0 bridgehead atoms. The normalized spacial score (nSPS) is 11.3. The molecule has 0 fully saturated rings. The molecule has 0 radical (unpaired) electrons. The summed E-state index contributed by atoms with van der Waals surface area (Å²) in [6.45, 7) is 5.48. The number of aromatic nitrogens is 2. The third-order valence-electron chi connectivity index (χ3n) is 3.44. The summed E-state index contributed by atoms with van der Waals surface area (Å²) >= 11 is 5.20. The molecule has 6 nitrogen and oxygen atoms in total. The van der Waals surface area contributed by atoms with Crippen molar-refractivity contribution in [2.45, 2.75) is 20.8 Å². The van der Waals surface area contributed by atoms with Gasteiger partial charge in [0.1, 0.15) is 0 Å². The molecule has 0 unspecified atom stereocenters. The van der Waals surface area contributed by atoms with Gasteiger partial charge in [0.25, 0.3) is 0 Å². The smallest absolute Gasteiger partial charge is 0.231 e. The van der Waals surface area contributed by atoms with Gasteiger partial charge in [-0.25, -0.2) is 4.98 Å². The molecule has 0 aliphatic carbocycles. The molecule has 0 aliphatic rings. The van der Waals surface area contributed by atoms with E-state index in [4.69, 9.17) is 16.6 Å². The average molecular weight is 354 g/mol. The summed E-state index contributed by atoms with van der Waals surface area (Å²) in [6, 6.07) is 11.0. The Balaban J connectivity index is 1.77. The Hall–Kier alpha value is -2.80. The van der Waals surface area contributed by atoms with Crippen molar-refractivity contribution in [1.29, 1.82) is 0 Å². The molecule has 2 heterocycles. The minimum atomic E-state index is -0.515. The molecule has 0 spiro atoms. The minimum absolute atomic E-state index is 0.147. The van der Waals surface area contributed by atoms with Gasteiger partial charge in [-0.2, -0.15) is 4.98 Å². The van der Waals surface area contributed by atoms with Gasteiger partial charge < -0.3 is 15.1 Å². The number of fused-ring (bicyclic) bond motifs is 1. The zero-order chi connectivity index (χ0) is 18.0. The highest BCUT2D eigenvalue weighted by molar-refractivity contribution is 7.80. The summed E-state index contributed by atoms with van der Waals surface area (Å²) in [7, 11) is 0. The van der Waals surface area contributed by atoms with Crippen LogP contribution in [0.25, 0.3) is 22.7 Å². The van der Waals surface area contributed by atoms with Gasteiger partial charge in [0.2, 0.25) is 11.8 Å². The van der Waals surface area contributed by atoms with Gasteiger partial charge in [-0.3, -0.25) is 4.79 Å². The minimum Gasteiger partial charge on any atom is -0.434 e. The van der Waals surface area contributed by atoms with Crippen molar-refractivity contribution < 1.29 is 9.21 Å². The van der Waals surface area contributed by atoms with Crippen molar-refractivity contribution >= 4 is 40.2 Å². The van der Waals surface area contributed by atoms with Crippen molar-refractivity contribution in [1.82, 2.24) is 15.3 Å². The maximum atomic E-state index is 12.0. The van der Waals surface area contributed by atoms with Gasteiger partial charge in [-0.15, -0.1) is 0 Å². The van der Waals surface area contributed by atoms with Crippen LogP contribution in [-0.4, -0.2) is 21.0 Å². The lowest BCUT2D eigenvalue weighted by Gasteiger charge is -2.18. The van der Waals surface area contributed by atoms with Crippen LogP contribution in [0, 0.1) is 5.41 Å². The van der Waals surface area contributed by atoms with E-state index < -0.39 is 5.41 Å². The summed E-state index contributed by atoms with van der Waals surface area (Å²) < 4.78 is 5.72. The zero-order valence-electron chi connectivity index (χ0n) is 14.2. The third-order valence-corrected chi connectivity index (χ3v) is 3.64. The lowest BCUT2D eigenvalue weighted by molar-refractivity contribution is -0.126.